The van der Waals surface area contributed by atoms with E-state index in [1.54, 1.807) is 29.2 Å². The number of anilines is 2. The van der Waals surface area contributed by atoms with E-state index >= 15 is 0 Å². The monoisotopic (exact) mass is 575 g/mol. The summed E-state index contributed by atoms with van der Waals surface area (Å²) in [4.78, 5) is 15.3. The summed E-state index contributed by atoms with van der Waals surface area (Å²) in [6, 6.07) is 15.0. The van der Waals surface area contributed by atoms with E-state index in [-0.39, 0.29) is 21.4 Å². The second kappa shape index (κ2) is 11.3. The number of benzene rings is 3. The van der Waals surface area contributed by atoms with E-state index in [4.69, 9.17) is 4.74 Å². The Morgan fingerprint density at radius 1 is 0.868 bits per heavy atom. The van der Waals surface area contributed by atoms with E-state index in [0.29, 0.717) is 35.0 Å². The summed E-state index contributed by atoms with van der Waals surface area (Å²) in [7, 11) is -6.55. The van der Waals surface area contributed by atoms with Gasteiger partial charge < -0.3 is 9.64 Å². The number of carbonyl (C=O) groups excluding carboxylic acids is 1. The topological polar surface area (TPSA) is 122 Å². The van der Waals surface area contributed by atoms with Gasteiger partial charge in [-0.25, -0.2) is 16.8 Å². The van der Waals surface area contributed by atoms with Crippen LogP contribution < -0.4 is 14.2 Å². The van der Waals surface area contributed by atoms with Crippen LogP contribution >= 0.6 is 11.8 Å². The molecule has 0 unspecified atom stereocenters. The molecule has 1 amide bonds. The Labute approximate surface area is 227 Å². The molecule has 9 nitrogen and oxygen atoms in total. The van der Waals surface area contributed by atoms with E-state index < -0.39 is 20.0 Å². The molecule has 1 heterocycles. The molecule has 1 aliphatic heterocycles. The number of aryl methyl sites for hydroxylation is 1. The molecule has 4 rings (SSSR count). The number of amides is 1. The predicted molar refractivity (Wildman–Crippen MR) is 149 cm³/mol. The predicted octanol–water partition coefficient (Wildman–Crippen LogP) is 4.56. The SMILES string of the molecule is COc1ccc(C)cc1NS(=O)(=O)c1ccc(NS(=O)(=O)c2ccc(SC)c(C(=O)N3CCCC3)c2)cc1. The molecule has 3 aromatic rings. The molecule has 1 saturated heterocycles. The van der Waals surface area contributed by atoms with Gasteiger partial charge in [0.05, 0.1) is 28.2 Å². The molecule has 0 saturated carbocycles. The van der Waals surface area contributed by atoms with E-state index in [9.17, 15) is 21.6 Å². The Kier molecular flexibility index (Phi) is 8.24. The minimum absolute atomic E-state index is 0.0492. The number of thioether (sulfide) groups is 1. The van der Waals surface area contributed by atoms with Gasteiger partial charge in [-0.15, -0.1) is 11.8 Å². The number of sulfonamides is 2. The summed E-state index contributed by atoms with van der Waals surface area (Å²) >= 11 is 1.38. The van der Waals surface area contributed by atoms with Crippen molar-refractivity contribution in [3.8, 4) is 5.75 Å². The van der Waals surface area contributed by atoms with Crippen molar-refractivity contribution < 1.29 is 26.4 Å². The maximum Gasteiger partial charge on any atom is 0.262 e. The molecule has 0 aliphatic carbocycles. The molecule has 12 heteroatoms. The lowest BCUT2D eigenvalue weighted by Gasteiger charge is -2.18. The molecule has 0 bridgehead atoms. The van der Waals surface area contributed by atoms with Gasteiger partial charge in [-0.2, -0.15) is 0 Å². The molecular formula is C26H29N3O6S3. The van der Waals surface area contributed by atoms with E-state index in [2.05, 4.69) is 9.44 Å². The first-order chi connectivity index (χ1) is 18.0. The summed E-state index contributed by atoms with van der Waals surface area (Å²) < 4.78 is 62.3. The van der Waals surface area contributed by atoms with Crippen LogP contribution in [0.3, 0.4) is 0 Å². The number of hydrogen-bond donors (Lipinski definition) is 2. The minimum atomic E-state index is -4.04. The Balaban J connectivity index is 1.54. The quantitative estimate of drug-likeness (QED) is 0.359. The standard InChI is InChI=1S/C26H29N3O6S3/c1-18-6-12-24(35-2)23(16-18)28-37(31,32)20-9-7-19(8-10-20)27-38(33,34)21-11-13-25(36-3)22(17-21)26(30)29-14-4-5-15-29/h6-13,16-17,27-28H,4-5,14-15H2,1-3H3. The first-order valence-electron chi connectivity index (χ1n) is 11.8. The maximum absolute atomic E-state index is 13.1. The zero-order valence-corrected chi connectivity index (χ0v) is 23.7. The fourth-order valence-corrected chi connectivity index (χ4v) is 6.85. The highest BCUT2D eigenvalue weighted by Crippen LogP contribution is 2.29. The molecule has 1 fully saturated rings. The summed E-state index contributed by atoms with van der Waals surface area (Å²) in [5, 5.41) is 0. The van der Waals surface area contributed by atoms with Crippen LogP contribution in [0.1, 0.15) is 28.8 Å². The van der Waals surface area contributed by atoms with Crippen molar-refractivity contribution >= 4 is 49.1 Å². The van der Waals surface area contributed by atoms with Crippen LogP contribution in [-0.4, -0.2) is 54.1 Å². The van der Waals surface area contributed by atoms with Crippen LogP contribution in [0.4, 0.5) is 11.4 Å². The van der Waals surface area contributed by atoms with Gasteiger partial charge in [-0.05, 0) is 86.2 Å². The molecule has 3 aromatic carbocycles. The highest BCUT2D eigenvalue weighted by atomic mass is 32.2. The number of nitrogens with one attached hydrogen (secondary N) is 2. The van der Waals surface area contributed by atoms with Crippen molar-refractivity contribution in [2.24, 2.45) is 0 Å². The number of methoxy groups -OCH3 is 1. The molecule has 0 spiro atoms. The fraction of sp³-hybridized carbons (Fsp3) is 0.269. The second-order valence-corrected chi connectivity index (χ2v) is 13.0. The number of nitrogens with zero attached hydrogens (tertiary/aromatic N) is 1. The second-order valence-electron chi connectivity index (χ2n) is 8.80. The van der Waals surface area contributed by atoms with Gasteiger partial charge >= 0.3 is 0 Å². The zero-order chi connectivity index (χ0) is 27.5. The molecule has 0 aromatic heterocycles. The first-order valence-corrected chi connectivity index (χ1v) is 16.0. The molecular weight excluding hydrogens is 547 g/mol. The number of rotatable bonds is 9. The Hall–Kier alpha value is -3.22. The number of likely N-dealkylation sites (tertiary alicyclic amines) is 1. The third kappa shape index (κ3) is 6.08. The highest BCUT2D eigenvalue weighted by molar-refractivity contribution is 7.98. The minimum Gasteiger partial charge on any atom is -0.495 e. The van der Waals surface area contributed by atoms with E-state index in [1.807, 2.05) is 13.2 Å². The van der Waals surface area contributed by atoms with Gasteiger partial charge in [0.2, 0.25) is 0 Å². The van der Waals surface area contributed by atoms with Gasteiger partial charge in [-0.3, -0.25) is 14.2 Å². The maximum atomic E-state index is 13.1. The smallest absolute Gasteiger partial charge is 0.262 e. The van der Waals surface area contributed by atoms with Crippen LogP contribution in [0.5, 0.6) is 5.75 Å². The highest BCUT2D eigenvalue weighted by Gasteiger charge is 2.25. The molecule has 38 heavy (non-hydrogen) atoms. The van der Waals surface area contributed by atoms with Crippen LogP contribution in [0.2, 0.25) is 0 Å². The van der Waals surface area contributed by atoms with Gasteiger partial charge in [0.1, 0.15) is 5.75 Å². The van der Waals surface area contributed by atoms with E-state index in [0.717, 1.165) is 18.4 Å². The molecule has 202 valence electrons. The van der Waals surface area contributed by atoms with Crippen molar-refractivity contribution in [1.82, 2.24) is 4.90 Å². The van der Waals surface area contributed by atoms with Gasteiger partial charge in [0, 0.05) is 23.7 Å². The van der Waals surface area contributed by atoms with Crippen molar-refractivity contribution in [2.75, 3.05) is 35.9 Å². The molecule has 1 aliphatic rings. The normalized spacial score (nSPS) is 13.8. The Morgan fingerprint density at radius 3 is 2.13 bits per heavy atom. The van der Waals surface area contributed by atoms with Crippen molar-refractivity contribution in [3.05, 3.63) is 71.8 Å². The average Bonchev–Trinajstić information content (AvgIpc) is 3.43. The Morgan fingerprint density at radius 2 is 1.50 bits per heavy atom. The molecule has 0 radical (unpaired) electrons. The largest absolute Gasteiger partial charge is 0.495 e. The van der Waals surface area contributed by atoms with Crippen LogP contribution in [0.25, 0.3) is 0 Å². The first kappa shape index (κ1) is 27.8. The third-order valence-corrected chi connectivity index (χ3v) is 9.68. The van der Waals surface area contributed by atoms with Crippen molar-refractivity contribution in [2.45, 2.75) is 34.5 Å². The van der Waals surface area contributed by atoms with Crippen LogP contribution in [0.15, 0.2) is 75.4 Å². The molecule has 0 atom stereocenters. The lowest BCUT2D eigenvalue weighted by Crippen LogP contribution is -2.28. The van der Waals surface area contributed by atoms with Crippen molar-refractivity contribution in [3.63, 3.8) is 0 Å². The summed E-state index contributed by atoms with van der Waals surface area (Å²) in [5.41, 5.74) is 1.68. The van der Waals surface area contributed by atoms with Crippen LogP contribution in [0, 0.1) is 6.92 Å². The van der Waals surface area contributed by atoms with Gasteiger partial charge in [-0.1, -0.05) is 6.07 Å². The van der Waals surface area contributed by atoms with Crippen molar-refractivity contribution in [1.29, 1.82) is 0 Å². The Bertz CT molecular complexity index is 1550. The summed E-state index contributed by atoms with van der Waals surface area (Å²) in [6.07, 6.45) is 3.70. The summed E-state index contributed by atoms with van der Waals surface area (Å²) in [6.45, 7) is 3.14. The summed E-state index contributed by atoms with van der Waals surface area (Å²) in [5.74, 6) is 0.190. The van der Waals surface area contributed by atoms with Gasteiger partial charge in [0.25, 0.3) is 26.0 Å². The lowest BCUT2D eigenvalue weighted by atomic mass is 10.2. The lowest BCUT2D eigenvalue weighted by molar-refractivity contribution is 0.0789. The van der Waals surface area contributed by atoms with Gasteiger partial charge in [0.15, 0.2) is 0 Å². The van der Waals surface area contributed by atoms with Crippen LogP contribution in [-0.2, 0) is 20.0 Å². The number of carbonyl (C=O) groups is 1. The third-order valence-electron chi connectivity index (χ3n) is 6.12. The average molecular weight is 576 g/mol. The number of ether oxygens (including phenoxy) is 1. The zero-order valence-electron chi connectivity index (χ0n) is 21.2. The van der Waals surface area contributed by atoms with E-state index in [1.165, 1.54) is 55.3 Å². The molecule has 2 N–H and O–H groups in total. The number of hydrogen-bond acceptors (Lipinski definition) is 7. The fourth-order valence-electron chi connectivity index (χ4n) is 4.13.